The molecule has 100 valence electrons. The number of halogens is 1. The second-order valence-electron chi connectivity index (χ2n) is 4.33. The van der Waals surface area contributed by atoms with Gasteiger partial charge in [-0.25, -0.2) is 4.39 Å². The Morgan fingerprint density at radius 3 is 2.79 bits per heavy atom. The minimum Gasteiger partial charge on any atom is -0.354 e. The van der Waals surface area contributed by atoms with Crippen molar-refractivity contribution in [2.24, 2.45) is 0 Å². The molecule has 0 radical (unpaired) electrons. The zero-order valence-corrected chi connectivity index (χ0v) is 10.7. The van der Waals surface area contributed by atoms with E-state index >= 15 is 0 Å². The van der Waals surface area contributed by atoms with E-state index < -0.39 is 0 Å². The van der Waals surface area contributed by atoms with Crippen molar-refractivity contribution < 1.29 is 9.18 Å². The number of rotatable bonds is 5. The Labute approximate surface area is 111 Å². The highest BCUT2D eigenvalue weighted by atomic mass is 19.1. The maximum Gasteiger partial charge on any atom is 0.244 e. The van der Waals surface area contributed by atoms with Crippen molar-refractivity contribution in [3.63, 3.8) is 0 Å². The molecule has 2 rings (SSSR count). The monoisotopic (exact) mass is 261 g/mol. The Kier molecular flexibility index (Phi) is 4.28. The van der Waals surface area contributed by atoms with Crippen molar-refractivity contribution in [2.75, 3.05) is 6.54 Å². The molecular formula is C14H16FN3O. The van der Waals surface area contributed by atoms with Gasteiger partial charge in [0.1, 0.15) is 11.9 Å². The average Bonchev–Trinajstić information content (AvgIpc) is 2.94. The SMILES string of the molecule is C[C@@H](C(=O)NCCc1ccc(F)cc1)n1cccn1. The van der Waals surface area contributed by atoms with Crippen LogP contribution in [0.2, 0.25) is 0 Å². The van der Waals surface area contributed by atoms with Gasteiger partial charge in [-0.2, -0.15) is 5.10 Å². The van der Waals surface area contributed by atoms with Crippen LogP contribution >= 0.6 is 0 Å². The first-order valence-corrected chi connectivity index (χ1v) is 6.18. The molecular weight excluding hydrogens is 245 g/mol. The molecule has 0 unspecified atom stereocenters. The van der Waals surface area contributed by atoms with Crippen LogP contribution in [-0.4, -0.2) is 22.2 Å². The number of carbonyl (C=O) groups is 1. The lowest BCUT2D eigenvalue weighted by Crippen LogP contribution is -2.32. The van der Waals surface area contributed by atoms with E-state index in [-0.39, 0.29) is 17.8 Å². The number of amides is 1. The van der Waals surface area contributed by atoms with Gasteiger partial charge in [-0.15, -0.1) is 0 Å². The van der Waals surface area contributed by atoms with Crippen LogP contribution in [-0.2, 0) is 11.2 Å². The molecule has 1 atom stereocenters. The lowest BCUT2D eigenvalue weighted by Gasteiger charge is -2.12. The second-order valence-corrected chi connectivity index (χ2v) is 4.33. The van der Waals surface area contributed by atoms with Gasteiger partial charge >= 0.3 is 0 Å². The summed E-state index contributed by atoms with van der Waals surface area (Å²) in [5.74, 6) is -0.328. The summed E-state index contributed by atoms with van der Waals surface area (Å²) in [7, 11) is 0. The zero-order chi connectivity index (χ0) is 13.7. The maximum absolute atomic E-state index is 12.7. The van der Waals surface area contributed by atoms with Crippen molar-refractivity contribution in [2.45, 2.75) is 19.4 Å². The standard InChI is InChI=1S/C14H16FN3O/c1-11(18-10-2-8-17-18)14(19)16-9-7-12-3-5-13(15)6-4-12/h2-6,8,10-11H,7,9H2,1H3,(H,16,19)/t11-/m0/s1. The predicted molar refractivity (Wildman–Crippen MR) is 70.1 cm³/mol. The number of aromatic nitrogens is 2. The van der Waals surface area contributed by atoms with Crippen LogP contribution in [0.25, 0.3) is 0 Å². The predicted octanol–water partition coefficient (Wildman–Crippen LogP) is 1.94. The number of benzene rings is 1. The first-order valence-electron chi connectivity index (χ1n) is 6.18. The van der Waals surface area contributed by atoms with Crippen LogP contribution in [0.3, 0.4) is 0 Å². The van der Waals surface area contributed by atoms with Crippen LogP contribution in [0.4, 0.5) is 4.39 Å². The van der Waals surface area contributed by atoms with Gasteiger partial charge in [0.2, 0.25) is 5.91 Å². The summed E-state index contributed by atoms with van der Waals surface area (Å²) in [4.78, 5) is 11.9. The Morgan fingerprint density at radius 2 is 2.16 bits per heavy atom. The largest absolute Gasteiger partial charge is 0.354 e. The van der Waals surface area contributed by atoms with E-state index in [0.29, 0.717) is 13.0 Å². The molecule has 0 bridgehead atoms. The molecule has 2 aromatic rings. The third-order valence-corrected chi connectivity index (χ3v) is 2.93. The van der Waals surface area contributed by atoms with Gasteiger partial charge in [0.15, 0.2) is 0 Å². The van der Waals surface area contributed by atoms with Crippen LogP contribution in [0.15, 0.2) is 42.7 Å². The van der Waals surface area contributed by atoms with Gasteiger partial charge in [0.05, 0.1) is 0 Å². The summed E-state index contributed by atoms with van der Waals surface area (Å²) in [5, 5.41) is 6.87. The van der Waals surface area contributed by atoms with Gasteiger partial charge in [0, 0.05) is 18.9 Å². The molecule has 1 aromatic carbocycles. The Balaban J connectivity index is 1.79. The van der Waals surface area contributed by atoms with Gasteiger partial charge in [-0.3, -0.25) is 9.48 Å². The fourth-order valence-corrected chi connectivity index (χ4v) is 1.76. The topological polar surface area (TPSA) is 46.9 Å². The van der Waals surface area contributed by atoms with E-state index in [9.17, 15) is 9.18 Å². The first-order chi connectivity index (χ1) is 9.16. The minimum atomic E-state index is -0.330. The number of nitrogens with one attached hydrogen (secondary N) is 1. The summed E-state index contributed by atoms with van der Waals surface area (Å²) >= 11 is 0. The molecule has 4 nitrogen and oxygen atoms in total. The summed E-state index contributed by atoms with van der Waals surface area (Å²) in [6.07, 6.45) is 4.07. The van der Waals surface area contributed by atoms with E-state index in [1.165, 1.54) is 12.1 Å². The van der Waals surface area contributed by atoms with E-state index in [1.54, 1.807) is 42.2 Å². The Morgan fingerprint density at radius 1 is 1.42 bits per heavy atom. The molecule has 0 spiro atoms. The number of hydrogen-bond donors (Lipinski definition) is 1. The molecule has 1 amide bonds. The van der Waals surface area contributed by atoms with Crippen molar-refractivity contribution in [3.05, 3.63) is 54.1 Å². The third-order valence-electron chi connectivity index (χ3n) is 2.93. The second kappa shape index (κ2) is 6.13. The van der Waals surface area contributed by atoms with E-state index in [4.69, 9.17) is 0 Å². The van der Waals surface area contributed by atoms with E-state index in [0.717, 1.165) is 5.56 Å². The molecule has 0 saturated heterocycles. The van der Waals surface area contributed by atoms with Gasteiger partial charge < -0.3 is 5.32 Å². The highest BCUT2D eigenvalue weighted by molar-refractivity contribution is 5.79. The zero-order valence-electron chi connectivity index (χ0n) is 10.7. The number of hydrogen-bond acceptors (Lipinski definition) is 2. The lowest BCUT2D eigenvalue weighted by atomic mass is 10.1. The molecule has 1 N–H and O–H groups in total. The summed E-state index contributed by atoms with van der Waals surface area (Å²) in [6, 6.07) is 7.73. The molecule has 0 saturated carbocycles. The van der Waals surface area contributed by atoms with E-state index in [2.05, 4.69) is 10.4 Å². The molecule has 0 fully saturated rings. The molecule has 0 aliphatic rings. The van der Waals surface area contributed by atoms with Crippen molar-refractivity contribution in [3.8, 4) is 0 Å². The molecule has 0 aliphatic heterocycles. The van der Waals surface area contributed by atoms with Crippen LogP contribution in [0.1, 0.15) is 18.5 Å². The fourth-order valence-electron chi connectivity index (χ4n) is 1.76. The molecule has 19 heavy (non-hydrogen) atoms. The molecule has 1 aromatic heterocycles. The van der Waals surface area contributed by atoms with Gasteiger partial charge in [0.25, 0.3) is 0 Å². The Hall–Kier alpha value is -2.17. The summed E-state index contributed by atoms with van der Waals surface area (Å²) in [6.45, 7) is 2.32. The quantitative estimate of drug-likeness (QED) is 0.894. The molecule has 1 heterocycles. The summed E-state index contributed by atoms with van der Waals surface area (Å²) in [5.41, 5.74) is 0.994. The van der Waals surface area contributed by atoms with Crippen LogP contribution < -0.4 is 5.32 Å². The van der Waals surface area contributed by atoms with E-state index in [1.807, 2.05) is 0 Å². The average molecular weight is 261 g/mol. The smallest absolute Gasteiger partial charge is 0.244 e. The third kappa shape index (κ3) is 3.64. The Bertz CT molecular complexity index is 522. The van der Waals surface area contributed by atoms with Crippen LogP contribution in [0, 0.1) is 5.82 Å². The molecule has 5 heteroatoms. The van der Waals surface area contributed by atoms with Gasteiger partial charge in [-0.05, 0) is 37.1 Å². The first kappa shape index (κ1) is 13.3. The maximum atomic E-state index is 12.7. The summed E-state index contributed by atoms with van der Waals surface area (Å²) < 4.78 is 14.3. The number of carbonyl (C=O) groups excluding carboxylic acids is 1. The normalized spacial score (nSPS) is 12.1. The lowest BCUT2D eigenvalue weighted by molar-refractivity contribution is -0.124. The van der Waals surface area contributed by atoms with Crippen LogP contribution in [0.5, 0.6) is 0 Å². The van der Waals surface area contributed by atoms with Gasteiger partial charge in [-0.1, -0.05) is 12.1 Å². The molecule has 0 aliphatic carbocycles. The highest BCUT2D eigenvalue weighted by Crippen LogP contribution is 2.05. The highest BCUT2D eigenvalue weighted by Gasteiger charge is 2.13. The minimum absolute atomic E-state index is 0.0780. The number of nitrogens with zero attached hydrogens (tertiary/aromatic N) is 2. The fraction of sp³-hybridized carbons (Fsp3) is 0.286. The van der Waals surface area contributed by atoms with Crippen molar-refractivity contribution >= 4 is 5.91 Å². The van der Waals surface area contributed by atoms with Crippen molar-refractivity contribution in [1.29, 1.82) is 0 Å². The van der Waals surface area contributed by atoms with Crippen molar-refractivity contribution in [1.82, 2.24) is 15.1 Å².